The van der Waals surface area contributed by atoms with Gasteiger partial charge in [-0.1, -0.05) is 6.08 Å². The van der Waals surface area contributed by atoms with Crippen LogP contribution in [0.3, 0.4) is 0 Å². The summed E-state index contributed by atoms with van der Waals surface area (Å²) in [6.07, 6.45) is -6.78. The van der Waals surface area contributed by atoms with E-state index in [1.807, 2.05) is 0 Å². The molecule has 0 spiro atoms. The lowest BCUT2D eigenvalue weighted by molar-refractivity contribution is -0.382. The van der Waals surface area contributed by atoms with Crippen LogP contribution in [0.25, 0.3) is 0 Å². The highest BCUT2D eigenvalue weighted by Gasteiger charge is 2.84. The number of sulfone groups is 1. The Bertz CT molecular complexity index is 459. The summed E-state index contributed by atoms with van der Waals surface area (Å²) in [5.41, 5.74) is 0. The van der Waals surface area contributed by atoms with E-state index in [1.165, 1.54) is 0 Å². The molecule has 114 valence electrons. The van der Waals surface area contributed by atoms with Crippen molar-refractivity contribution in [1.82, 2.24) is 0 Å². The van der Waals surface area contributed by atoms with Crippen molar-refractivity contribution >= 4 is 9.84 Å². The maximum atomic E-state index is 12.8. The van der Waals surface area contributed by atoms with Gasteiger partial charge in [0.2, 0.25) is 9.84 Å². The first-order valence-corrected chi connectivity index (χ1v) is 5.68. The Labute approximate surface area is 100 Å². The van der Waals surface area contributed by atoms with Crippen LogP contribution in [0.5, 0.6) is 0 Å². The maximum absolute atomic E-state index is 12.8. The van der Waals surface area contributed by atoms with Crippen molar-refractivity contribution in [3.05, 3.63) is 11.5 Å². The van der Waals surface area contributed by atoms with Gasteiger partial charge in [0.05, 0.1) is 0 Å². The summed E-state index contributed by atoms with van der Waals surface area (Å²) in [5.74, 6) is -14.4. The normalized spacial score (nSPS) is 16.1. The van der Waals surface area contributed by atoms with Gasteiger partial charge in [-0.2, -0.15) is 39.5 Å². The molecule has 0 rings (SSSR count). The molecule has 0 aliphatic rings. The summed E-state index contributed by atoms with van der Waals surface area (Å²) in [7, 11) is -6.35. The van der Waals surface area contributed by atoms with Gasteiger partial charge in [-0.15, -0.1) is 0 Å². The Morgan fingerprint density at radius 3 is 1.42 bits per heavy atom. The first-order chi connectivity index (χ1) is 8.06. The predicted octanol–water partition coefficient (Wildman–Crippen LogP) is 3.36. The van der Waals surface area contributed by atoms with Crippen molar-refractivity contribution in [3.63, 3.8) is 0 Å². The highest BCUT2D eigenvalue weighted by atomic mass is 32.2. The van der Waals surface area contributed by atoms with Crippen LogP contribution in [0.1, 0.15) is 6.92 Å². The molecule has 0 aromatic heterocycles. The Kier molecular flexibility index (Phi) is 4.34. The van der Waals surface area contributed by atoms with Gasteiger partial charge in [0.25, 0.3) is 0 Å². The second-order valence-corrected chi connectivity index (χ2v) is 5.05. The highest BCUT2D eigenvalue weighted by molar-refractivity contribution is 7.95. The Hall–Kier alpha value is -0.940. The van der Waals surface area contributed by atoms with Crippen molar-refractivity contribution in [1.29, 1.82) is 0 Å². The largest absolute Gasteiger partial charge is 0.460 e. The summed E-state index contributed by atoms with van der Waals surface area (Å²) in [5, 5.41) is -7.22. The van der Waals surface area contributed by atoms with Crippen LogP contribution >= 0.6 is 0 Å². The number of hydrogen-bond acceptors (Lipinski definition) is 2. The summed E-state index contributed by atoms with van der Waals surface area (Å²) in [6, 6.07) is 0. The third kappa shape index (κ3) is 2.54. The van der Waals surface area contributed by atoms with Gasteiger partial charge in [-0.3, -0.25) is 0 Å². The first kappa shape index (κ1) is 18.1. The molecule has 0 heterocycles. The number of rotatable bonds is 4. The minimum atomic E-state index is -7.22. The van der Waals surface area contributed by atoms with Crippen LogP contribution in [0, 0.1) is 0 Å². The fourth-order valence-electron chi connectivity index (χ4n) is 0.804. The van der Waals surface area contributed by atoms with Crippen LogP contribution in [0.15, 0.2) is 11.5 Å². The molecule has 0 aliphatic carbocycles. The zero-order chi connectivity index (χ0) is 15.9. The molecule has 0 saturated carbocycles. The van der Waals surface area contributed by atoms with Crippen molar-refractivity contribution in [3.8, 4) is 0 Å². The fourth-order valence-corrected chi connectivity index (χ4v) is 1.82. The number of hydrogen-bond donors (Lipinski definition) is 0. The molecule has 0 aromatic rings. The molecule has 0 saturated heterocycles. The van der Waals surface area contributed by atoms with E-state index in [0.717, 1.165) is 6.92 Å². The number of allylic oxidation sites excluding steroid dienone is 1. The first-order valence-electron chi connectivity index (χ1n) is 4.13. The smallest absolute Gasteiger partial charge is 0.218 e. The van der Waals surface area contributed by atoms with E-state index in [4.69, 9.17) is 0 Å². The average molecular weight is 324 g/mol. The topological polar surface area (TPSA) is 34.1 Å². The van der Waals surface area contributed by atoms with E-state index < -0.39 is 38.5 Å². The molecule has 19 heavy (non-hydrogen) atoms. The van der Waals surface area contributed by atoms with Gasteiger partial charge in [0, 0.05) is 5.41 Å². The lowest BCUT2D eigenvalue weighted by Gasteiger charge is -2.32. The number of alkyl halides is 9. The van der Waals surface area contributed by atoms with Crippen molar-refractivity contribution < 1.29 is 47.9 Å². The molecule has 0 fully saturated rings. The van der Waals surface area contributed by atoms with Gasteiger partial charge in [0.1, 0.15) is 0 Å². The Morgan fingerprint density at radius 2 is 1.16 bits per heavy atom. The standard InChI is InChI=1S/C7H5F9O2S/c1-2-3-19(17,18)7(15,16)5(10,11)4(8,9)6(12,13)14/h2-3H,1H3. The van der Waals surface area contributed by atoms with Gasteiger partial charge >= 0.3 is 23.3 Å². The molecular formula is C7H5F9O2S. The van der Waals surface area contributed by atoms with E-state index in [-0.39, 0.29) is 6.08 Å². The number of halogens is 9. The van der Waals surface area contributed by atoms with Gasteiger partial charge in [-0.05, 0) is 6.92 Å². The quantitative estimate of drug-likeness (QED) is 0.743. The fraction of sp³-hybridized carbons (Fsp3) is 0.714. The summed E-state index contributed by atoms with van der Waals surface area (Å²) in [4.78, 5) is 0. The zero-order valence-electron chi connectivity index (χ0n) is 8.78. The van der Waals surface area contributed by atoms with Crippen LogP contribution in [0.4, 0.5) is 39.5 Å². The molecule has 0 N–H and O–H groups in total. The van der Waals surface area contributed by atoms with Gasteiger partial charge < -0.3 is 0 Å². The van der Waals surface area contributed by atoms with Crippen molar-refractivity contribution in [2.24, 2.45) is 0 Å². The van der Waals surface area contributed by atoms with Crippen LogP contribution in [-0.2, 0) is 9.84 Å². The third-order valence-corrected chi connectivity index (χ3v) is 3.39. The van der Waals surface area contributed by atoms with E-state index in [2.05, 4.69) is 0 Å². The molecule has 0 unspecified atom stereocenters. The minimum absolute atomic E-state index is 0.269. The second kappa shape index (κ2) is 4.56. The molecule has 2 nitrogen and oxygen atoms in total. The lowest BCUT2D eigenvalue weighted by Crippen LogP contribution is -2.62. The summed E-state index contributed by atoms with van der Waals surface area (Å²) in [6.45, 7) is 0.758. The average Bonchev–Trinajstić information content (AvgIpc) is 2.14. The second-order valence-electron chi connectivity index (χ2n) is 3.18. The van der Waals surface area contributed by atoms with E-state index in [0.29, 0.717) is 0 Å². The molecule has 0 bridgehead atoms. The van der Waals surface area contributed by atoms with Crippen molar-refractivity contribution in [2.45, 2.75) is 30.2 Å². The zero-order valence-corrected chi connectivity index (χ0v) is 9.60. The maximum Gasteiger partial charge on any atom is 0.460 e. The van der Waals surface area contributed by atoms with Gasteiger partial charge in [0.15, 0.2) is 0 Å². The van der Waals surface area contributed by atoms with E-state index >= 15 is 0 Å². The molecule has 12 heteroatoms. The Balaban J connectivity index is 6.07. The monoisotopic (exact) mass is 324 g/mol. The van der Waals surface area contributed by atoms with Crippen LogP contribution < -0.4 is 0 Å². The molecule has 0 radical (unpaired) electrons. The van der Waals surface area contributed by atoms with E-state index in [9.17, 15) is 47.9 Å². The summed E-state index contributed by atoms with van der Waals surface area (Å²) >= 11 is 0. The van der Waals surface area contributed by atoms with Gasteiger partial charge in [-0.25, -0.2) is 8.42 Å². The third-order valence-electron chi connectivity index (χ3n) is 1.79. The minimum Gasteiger partial charge on any atom is -0.218 e. The SMILES string of the molecule is CC=CS(=O)(=O)C(F)(F)C(F)(F)C(F)(F)C(F)(F)F. The summed E-state index contributed by atoms with van der Waals surface area (Å²) < 4.78 is 132. The van der Waals surface area contributed by atoms with E-state index in [1.54, 1.807) is 0 Å². The molecule has 0 aliphatic heterocycles. The predicted molar refractivity (Wildman–Crippen MR) is 44.6 cm³/mol. The molecule has 0 atom stereocenters. The Morgan fingerprint density at radius 1 is 0.789 bits per heavy atom. The highest BCUT2D eigenvalue weighted by Crippen LogP contribution is 2.54. The molecule has 0 amide bonds. The lowest BCUT2D eigenvalue weighted by atomic mass is 10.1. The molecule has 0 aromatic carbocycles. The molecular weight excluding hydrogens is 319 g/mol. The van der Waals surface area contributed by atoms with Crippen LogP contribution in [0.2, 0.25) is 0 Å². The van der Waals surface area contributed by atoms with Crippen molar-refractivity contribution in [2.75, 3.05) is 0 Å². The van der Waals surface area contributed by atoms with Crippen LogP contribution in [-0.4, -0.2) is 31.7 Å².